The first-order valence-corrected chi connectivity index (χ1v) is 22.9. The molecule has 0 radical (unpaired) electrons. The Kier molecular flexibility index (Phi) is 40.3. The van der Waals surface area contributed by atoms with E-state index in [4.69, 9.17) is 4.74 Å². The summed E-state index contributed by atoms with van der Waals surface area (Å²) in [7, 11) is 0. The summed E-state index contributed by atoms with van der Waals surface area (Å²) >= 11 is 0. The number of aliphatic hydroxyl groups is 2. The lowest BCUT2D eigenvalue weighted by molar-refractivity contribution is -0.151. The van der Waals surface area contributed by atoms with Crippen molar-refractivity contribution in [3.8, 4) is 0 Å². The van der Waals surface area contributed by atoms with Crippen LogP contribution >= 0.6 is 0 Å². The Bertz CT molecular complexity index is 941. The minimum Gasteiger partial charge on any atom is -0.462 e. The lowest BCUT2D eigenvalue weighted by atomic mass is 10.0. The molecule has 6 heteroatoms. The van der Waals surface area contributed by atoms with E-state index in [2.05, 4.69) is 74.7 Å². The Balaban J connectivity index is 4.64. The fourth-order valence-corrected chi connectivity index (χ4v) is 6.72. The molecule has 1 amide bonds. The molecule has 3 atom stereocenters. The monoisotopic (exact) mass is 758 g/mol. The van der Waals surface area contributed by atoms with Crippen LogP contribution in [-0.2, 0) is 14.3 Å². The van der Waals surface area contributed by atoms with Crippen LogP contribution in [0.5, 0.6) is 0 Å². The van der Waals surface area contributed by atoms with Crippen molar-refractivity contribution in [1.82, 2.24) is 5.32 Å². The SMILES string of the molecule is CC/C=C/C=C/C=C\CCCCCCCC(=O)OC(CCC/C=C\CCCCCCCC)CC(=O)NC(CO)C(O)CCCCCCCCCCCCC. The molecule has 0 fully saturated rings. The number of carbonyl (C=O) groups is 2. The maximum Gasteiger partial charge on any atom is 0.306 e. The first kappa shape index (κ1) is 51.8. The van der Waals surface area contributed by atoms with Gasteiger partial charge in [0.05, 0.1) is 25.2 Å². The number of unbranched alkanes of at least 4 members (excludes halogenated alkanes) is 22. The molecule has 314 valence electrons. The minimum absolute atomic E-state index is 0.0481. The van der Waals surface area contributed by atoms with E-state index in [0.29, 0.717) is 19.3 Å². The summed E-state index contributed by atoms with van der Waals surface area (Å²) in [6.45, 7) is 6.31. The number of allylic oxidation sites excluding steroid dienone is 8. The Morgan fingerprint density at radius 1 is 0.556 bits per heavy atom. The molecule has 0 aromatic heterocycles. The van der Waals surface area contributed by atoms with Gasteiger partial charge in [-0.3, -0.25) is 9.59 Å². The van der Waals surface area contributed by atoms with Crippen LogP contribution in [0.4, 0.5) is 0 Å². The van der Waals surface area contributed by atoms with Gasteiger partial charge in [-0.2, -0.15) is 0 Å². The van der Waals surface area contributed by atoms with E-state index in [1.807, 2.05) is 0 Å². The Morgan fingerprint density at radius 3 is 1.59 bits per heavy atom. The Morgan fingerprint density at radius 2 is 1.04 bits per heavy atom. The Hall–Kier alpha value is -2.18. The number of hydrogen-bond donors (Lipinski definition) is 3. The van der Waals surface area contributed by atoms with E-state index in [1.165, 1.54) is 89.9 Å². The zero-order valence-electron chi connectivity index (χ0n) is 35.6. The molecule has 0 heterocycles. The second-order valence-corrected chi connectivity index (χ2v) is 15.5. The van der Waals surface area contributed by atoms with Crippen LogP contribution in [0.2, 0.25) is 0 Å². The molecule has 6 nitrogen and oxygen atoms in total. The molecule has 0 spiro atoms. The molecule has 0 aliphatic heterocycles. The molecular weight excluding hydrogens is 671 g/mol. The number of nitrogens with one attached hydrogen (secondary N) is 1. The van der Waals surface area contributed by atoms with Gasteiger partial charge in [-0.25, -0.2) is 0 Å². The Labute approximate surface area is 334 Å². The second-order valence-electron chi connectivity index (χ2n) is 15.5. The number of amides is 1. The summed E-state index contributed by atoms with van der Waals surface area (Å²) < 4.78 is 5.87. The van der Waals surface area contributed by atoms with Crippen molar-refractivity contribution in [3.63, 3.8) is 0 Å². The van der Waals surface area contributed by atoms with Crippen molar-refractivity contribution in [3.05, 3.63) is 48.6 Å². The summed E-state index contributed by atoms with van der Waals surface area (Å²) in [5.41, 5.74) is 0. The van der Waals surface area contributed by atoms with Crippen molar-refractivity contribution in [2.45, 2.75) is 238 Å². The van der Waals surface area contributed by atoms with Gasteiger partial charge in [0.1, 0.15) is 6.10 Å². The summed E-state index contributed by atoms with van der Waals surface area (Å²) in [6.07, 6.45) is 48.8. The van der Waals surface area contributed by atoms with E-state index >= 15 is 0 Å². The largest absolute Gasteiger partial charge is 0.462 e. The van der Waals surface area contributed by atoms with Crippen LogP contribution in [0.15, 0.2) is 48.6 Å². The van der Waals surface area contributed by atoms with Crippen molar-refractivity contribution < 1.29 is 24.5 Å². The molecule has 0 saturated carbocycles. The van der Waals surface area contributed by atoms with Crippen molar-refractivity contribution in [2.24, 2.45) is 0 Å². The molecule has 0 rings (SSSR count). The predicted molar refractivity (Wildman–Crippen MR) is 232 cm³/mol. The highest BCUT2D eigenvalue weighted by Crippen LogP contribution is 2.16. The maximum absolute atomic E-state index is 13.1. The molecular formula is C48H87NO5. The third kappa shape index (κ3) is 36.8. The highest BCUT2D eigenvalue weighted by molar-refractivity contribution is 5.77. The fourth-order valence-electron chi connectivity index (χ4n) is 6.72. The average Bonchev–Trinajstić information content (AvgIpc) is 3.16. The van der Waals surface area contributed by atoms with Crippen molar-refractivity contribution >= 4 is 11.9 Å². The molecule has 0 aliphatic rings. The van der Waals surface area contributed by atoms with Crippen LogP contribution < -0.4 is 5.32 Å². The molecule has 0 bridgehead atoms. The van der Waals surface area contributed by atoms with Gasteiger partial charge in [0.25, 0.3) is 0 Å². The number of esters is 1. The third-order valence-electron chi connectivity index (χ3n) is 10.2. The van der Waals surface area contributed by atoms with E-state index in [9.17, 15) is 19.8 Å². The average molecular weight is 758 g/mol. The van der Waals surface area contributed by atoms with Gasteiger partial charge in [-0.05, 0) is 64.2 Å². The highest BCUT2D eigenvalue weighted by Gasteiger charge is 2.24. The van der Waals surface area contributed by atoms with Gasteiger partial charge in [0.2, 0.25) is 5.91 Å². The zero-order chi connectivity index (χ0) is 39.6. The summed E-state index contributed by atoms with van der Waals surface area (Å²) in [4.78, 5) is 25.9. The maximum atomic E-state index is 13.1. The quantitative estimate of drug-likeness (QED) is 0.0250. The summed E-state index contributed by atoms with van der Waals surface area (Å²) in [6, 6.07) is -0.711. The number of carbonyl (C=O) groups excluding carboxylic acids is 2. The van der Waals surface area contributed by atoms with Gasteiger partial charge >= 0.3 is 5.97 Å². The summed E-state index contributed by atoms with van der Waals surface area (Å²) in [5, 5.41) is 23.6. The molecule has 0 aromatic rings. The van der Waals surface area contributed by atoms with Crippen LogP contribution in [0.3, 0.4) is 0 Å². The molecule has 3 N–H and O–H groups in total. The van der Waals surface area contributed by atoms with E-state index in [-0.39, 0.29) is 24.9 Å². The van der Waals surface area contributed by atoms with Crippen LogP contribution in [0.25, 0.3) is 0 Å². The van der Waals surface area contributed by atoms with Crippen LogP contribution in [0, 0.1) is 0 Å². The number of aliphatic hydroxyl groups excluding tert-OH is 2. The number of rotatable bonds is 40. The third-order valence-corrected chi connectivity index (χ3v) is 10.2. The van der Waals surface area contributed by atoms with Gasteiger partial charge in [-0.1, -0.05) is 191 Å². The van der Waals surface area contributed by atoms with Gasteiger partial charge in [0.15, 0.2) is 0 Å². The topological polar surface area (TPSA) is 95.9 Å². The molecule has 0 aliphatic carbocycles. The first-order valence-electron chi connectivity index (χ1n) is 22.9. The van der Waals surface area contributed by atoms with E-state index < -0.39 is 18.2 Å². The lowest BCUT2D eigenvalue weighted by Crippen LogP contribution is -2.46. The standard InChI is InChI=1S/C48H87NO5/c1-4-7-10-13-16-19-22-23-26-29-32-35-38-41-48(53)54-44(39-36-33-30-27-24-20-17-14-11-8-5-2)42-47(52)49-45(43-50)46(51)40-37-34-31-28-25-21-18-15-12-9-6-3/h7,10,13,16,19,22,27,30,44-46,50-51H,4-6,8-9,11-12,14-15,17-18,20-21,23-26,28-29,31-43H2,1-3H3,(H,49,52)/b10-7+,16-13+,22-19-,30-27-. The van der Waals surface area contributed by atoms with Crippen LogP contribution in [-0.4, -0.2) is 46.9 Å². The normalized spacial score (nSPS) is 13.8. The molecule has 0 saturated heterocycles. The van der Waals surface area contributed by atoms with Gasteiger partial charge in [-0.15, -0.1) is 0 Å². The van der Waals surface area contributed by atoms with E-state index in [1.54, 1.807) is 0 Å². The highest BCUT2D eigenvalue weighted by atomic mass is 16.5. The van der Waals surface area contributed by atoms with Crippen molar-refractivity contribution in [2.75, 3.05) is 6.61 Å². The summed E-state index contributed by atoms with van der Waals surface area (Å²) in [5.74, 6) is -0.529. The number of hydrogen-bond acceptors (Lipinski definition) is 5. The van der Waals surface area contributed by atoms with E-state index in [0.717, 1.165) is 83.5 Å². The molecule has 54 heavy (non-hydrogen) atoms. The minimum atomic E-state index is -0.795. The van der Waals surface area contributed by atoms with Gasteiger partial charge < -0.3 is 20.3 Å². The molecule has 3 unspecified atom stereocenters. The van der Waals surface area contributed by atoms with Crippen LogP contribution in [0.1, 0.15) is 220 Å². The zero-order valence-corrected chi connectivity index (χ0v) is 35.6. The fraction of sp³-hybridized carbons (Fsp3) is 0.792. The van der Waals surface area contributed by atoms with Gasteiger partial charge in [0, 0.05) is 6.42 Å². The first-order chi connectivity index (χ1) is 26.5. The smallest absolute Gasteiger partial charge is 0.306 e. The van der Waals surface area contributed by atoms with Crippen molar-refractivity contribution in [1.29, 1.82) is 0 Å². The molecule has 0 aromatic carbocycles. The second kappa shape index (κ2) is 42.0. The lowest BCUT2D eigenvalue weighted by Gasteiger charge is -2.24. The predicted octanol–water partition coefficient (Wildman–Crippen LogP) is 13.1. The number of ether oxygens (including phenoxy) is 1.